The van der Waals surface area contributed by atoms with Gasteiger partial charge in [-0.05, 0) is 36.6 Å². The minimum absolute atomic E-state index is 0.0326. The number of rotatable bonds is 5. The Hall–Kier alpha value is -1.40. The van der Waals surface area contributed by atoms with Crippen LogP contribution in [0.5, 0.6) is 11.5 Å². The summed E-state index contributed by atoms with van der Waals surface area (Å²) < 4.78 is 11.7. The topological polar surface area (TPSA) is 47.9 Å². The van der Waals surface area contributed by atoms with Crippen molar-refractivity contribution >= 4 is 39.1 Å². The third-order valence-corrected chi connectivity index (χ3v) is 4.57. The standard InChI is InChI=1S/C15H17NO3S2/c1-4-19-12-8-6-7-10(13(12)18-3)9-11-14(17)21-15(16-11)20-5-2/h6-9H,4-5H2,1-3H3/b11-9+. The monoisotopic (exact) mass is 323 g/mol. The van der Waals surface area contributed by atoms with E-state index in [-0.39, 0.29) is 5.12 Å². The third-order valence-electron chi connectivity index (χ3n) is 2.67. The van der Waals surface area contributed by atoms with E-state index in [1.165, 1.54) is 11.8 Å². The maximum Gasteiger partial charge on any atom is 0.244 e. The molecule has 0 amide bonds. The van der Waals surface area contributed by atoms with Crippen LogP contribution in [0.2, 0.25) is 0 Å². The van der Waals surface area contributed by atoms with Crippen molar-refractivity contribution in [3.05, 3.63) is 29.5 Å². The van der Waals surface area contributed by atoms with E-state index in [0.29, 0.717) is 23.8 Å². The third kappa shape index (κ3) is 3.83. The average molecular weight is 323 g/mol. The van der Waals surface area contributed by atoms with E-state index in [0.717, 1.165) is 15.7 Å². The highest BCUT2D eigenvalue weighted by Gasteiger charge is 2.22. The number of thioether (sulfide) groups is 2. The summed E-state index contributed by atoms with van der Waals surface area (Å²) in [4.78, 5) is 16.3. The predicted octanol–water partition coefficient (Wildman–Crippen LogP) is 3.82. The van der Waals surface area contributed by atoms with Crippen LogP contribution in [0.4, 0.5) is 0 Å². The highest BCUT2D eigenvalue weighted by molar-refractivity contribution is 8.45. The number of ether oxygens (including phenoxy) is 2. The molecular formula is C15H17NO3S2. The van der Waals surface area contributed by atoms with Crippen LogP contribution in [0, 0.1) is 0 Å². The molecule has 1 aliphatic heterocycles. The normalized spacial score (nSPS) is 16.2. The maximum absolute atomic E-state index is 12.0. The summed E-state index contributed by atoms with van der Waals surface area (Å²) in [5.74, 6) is 2.19. The van der Waals surface area contributed by atoms with Gasteiger partial charge in [0, 0.05) is 5.56 Å². The van der Waals surface area contributed by atoms with E-state index >= 15 is 0 Å². The number of aliphatic imine (C=N–C) groups is 1. The summed E-state index contributed by atoms with van der Waals surface area (Å²) >= 11 is 2.75. The summed E-state index contributed by atoms with van der Waals surface area (Å²) in [7, 11) is 1.59. The van der Waals surface area contributed by atoms with Gasteiger partial charge in [-0.1, -0.05) is 30.8 Å². The van der Waals surface area contributed by atoms with Gasteiger partial charge in [0.05, 0.1) is 13.7 Å². The molecule has 1 aromatic carbocycles. The molecule has 0 radical (unpaired) electrons. The molecule has 0 bridgehead atoms. The lowest BCUT2D eigenvalue weighted by Gasteiger charge is -2.11. The van der Waals surface area contributed by atoms with E-state index in [1.54, 1.807) is 24.9 Å². The SMILES string of the molecule is CCOc1cccc(/C=C2/N=C(SCC)SC2=O)c1OC. The van der Waals surface area contributed by atoms with Gasteiger partial charge in [0.1, 0.15) is 10.1 Å². The van der Waals surface area contributed by atoms with Crippen molar-refractivity contribution in [3.8, 4) is 11.5 Å². The van der Waals surface area contributed by atoms with E-state index in [4.69, 9.17) is 9.47 Å². The minimum Gasteiger partial charge on any atom is -0.492 e. The zero-order valence-electron chi connectivity index (χ0n) is 12.2. The zero-order valence-corrected chi connectivity index (χ0v) is 13.8. The molecule has 0 saturated heterocycles. The predicted molar refractivity (Wildman–Crippen MR) is 90.3 cm³/mol. The Morgan fingerprint density at radius 1 is 1.38 bits per heavy atom. The van der Waals surface area contributed by atoms with Crippen LogP contribution in [0.15, 0.2) is 28.9 Å². The molecule has 0 N–H and O–H groups in total. The molecule has 0 fully saturated rings. The van der Waals surface area contributed by atoms with E-state index in [1.807, 2.05) is 32.0 Å². The molecule has 2 rings (SSSR count). The number of benzene rings is 1. The Morgan fingerprint density at radius 3 is 2.86 bits per heavy atom. The van der Waals surface area contributed by atoms with Gasteiger partial charge in [-0.3, -0.25) is 4.79 Å². The number of para-hydroxylation sites is 1. The van der Waals surface area contributed by atoms with Crippen LogP contribution in [0.3, 0.4) is 0 Å². The van der Waals surface area contributed by atoms with Gasteiger partial charge < -0.3 is 9.47 Å². The highest BCUT2D eigenvalue weighted by Crippen LogP contribution is 2.35. The molecule has 0 atom stereocenters. The summed E-state index contributed by atoms with van der Waals surface area (Å²) in [5, 5.41) is -0.0326. The molecule has 6 heteroatoms. The van der Waals surface area contributed by atoms with Gasteiger partial charge in [0.15, 0.2) is 11.5 Å². The highest BCUT2D eigenvalue weighted by atomic mass is 32.2. The second kappa shape index (κ2) is 7.56. The van der Waals surface area contributed by atoms with Crippen molar-refractivity contribution in [2.45, 2.75) is 13.8 Å². The van der Waals surface area contributed by atoms with Gasteiger partial charge in [0.25, 0.3) is 0 Å². The smallest absolute Gasteiger partial charge is 0.244 e. The second-order valence-corrected chi connectivity index (χ2v) is 6.51. The van der Waals surface area contributed by atoms with Crippen LogP contribution in [0.1, 0.15) is 19.4 Å². The first-order chi connectivity index (χ1) is 10.2. The van der Waals surface area contributed by atoms with Crippen LogP contribution in [-0.2, 0) is 4.79 Å². The van der Waals surface area contributed by atoms with Crippen molar-refractivity contribution in [1.29, 1.82) is 0 Å². The lowest BCUT2D eigenvalue weighted by Crippen LogP contribution is -1.97. The fourth-order valence-electron chi connectivity index (χ4n) is 1.86. The number of hydrogen-bond acceptors (Lipinski definition) is 6. The Labute approximate surface area is 133 Å². The van der Waals surface area contributed by atoms with Crippen LogP contribution >= 0.6 is 23.5 Å². The average Bonchev–Trinajstić information content (AvgIpc) is 2.80. The lowest BCUT2D eigenvalue weighted by atomic mass is 10.1. The molecule has 0 saturated carbocycles. The summed E-state index contributed by atoms with van der Waals surface area (Å²) in [5.41, 5.74) is 1.24. The first kappa shape index (κ1) is 16.0. The van der Waals surface area contributed by atoms with E-state index in [9.17, 15) is 4.79 Å². The Kier molecular flexibility index (Phi) is 5.76. The fraction of sp³-hybridized carbons (Fsp3) is 0.333. The molecule has 21 heavy (non-hydrogen) atoms. The summed E-state index contributed by atoms with van der Waals surface area (Å²) in [6.45, 7) is 4.51. The van der Waals surface area contributed by atoms with Gasteiger partial charge in [-0.25, -0.2) is 4.99 Å². The van der Waals surface area contributed by atoms with E-state index < -0.39 is 0 Å². The number of carbonyl (C=O) groups excluding carboxylic acids is 1. The molecule has 0 aromatic heterocycles. The number of carbonyl (C=O) groups is 1. The largest absolute Gasteiger partial charge is 0.492 e. The maximum atomic E-state index is 12.0. The quantitative estimate of drug-likeness (QED) is 0.771. The second-order valence-electron chi connectivity index (χ2n) is 4.04. The first-order valence-corrected chi connectivity index (χ1v) is 8.45. The van der Waals surface area contributed by atoms with Gasteiger partial charge in [-0.2, -0.15) is 0 Å². The van der Waals surface area contributed by atoms with Gasteiger partial charge in [-0.15, -0.1) is 0 Å². The molecule has 112 valence electrons. The number of methoxy groups -OCH3 is 1. The molecule has 1 heterocycles. The van der Waals surface area contributed by atoms with Crippen LogP contribution in [0.25, 0.3) is 6.08 Å². The zero-order chi connectivity index (χ0) is 15.2. The molecule has 4 nitrogen and oxygen atoms in total. The first-order valence-electron chi connectivity index (χ1n) is 6.64. The van der Waals surface area contributed by atoms with Crippen molar-refractivity contribution in [2.24, 2.45) is 4.99 Å². The van der Waals surface area contributed by atoms with Crippen LogP contribution < -0.4 is 9.47 Å². The van der Waals surface area contributed by atoms with Gasteiger partial charge in [0.2, 0.25) is 5.12 Å². The molecule has 0 spiro atoms. The molecular weight excluding hydrogens is 306 g/mol. The molecule has 0 aliphatic carbocycles. The minimum atomic E-state index is -0.0326. The Bertz CT molecular complexity index is 597. The van der Waals surface area contributed by atoms with Gasteiger partial charge >= 0.3 is 0 Å². The van der Waals surface area contributed by atoms with Crippen molar-refractivity contribution < 1.29 is 14.3 Å². The van der Waals surface area contributed by atoms with Crippen molar-refractivity contribution in [2.75, 3.05) is 19.5 Å². The number of hydrogen-bond donors (Lipinski definition) is 0. The fourth-order valence-corrected chi connectivity index (χ4v) is 3.59. The van der Waals surface area contributed by atoms with Crippen LogP contribution in [-0.4, -0.2) is 29.0 Å². The Balaban J connectivity index is 2.36. The molecule has 0 unspecified atom stereocenters. The summed E-state index contributed by atoms with van der Waals surface area (Å²) in [6, 6.07) is 5.60. The molecule has 1 aromatic rings. The Morgan fingerprint density at radius 2 is 2.19 bits per heavy atom. The van der Waals surface area contributed by atoms with Crippen molar-refractivity contribution in [1.82, 2.24) is 0 Å². The number of nitrogens with zero attached hydrogens (tertiary/aromatic N) is 1. The molecule has 1 aliphatic rings. The lowest BCUT2D eigenvalue weighted by molar-refractivity contribution is -0.107. The van der Waals surface area contributed by atoms with E-state index in [2.05, 4.69) is 4.99 Å². The van der Waals surface area contributed by atoms with Crippen molar-refractivity contribution in [3.63, 3.8) is 0 Å². The summed E-state index contributed by atoms with van der Waals surface area (Å²) in [6.07, 6.45) is 1.75.